The molecule has 4 nitrogen and oxygen atoms in total. The number of rotatable bonds is 3. The van der Waals surface area contributed by atoms with Gasteiger partial charge in [0, 0.05) is 6.54 Å². The fraction of sp³-hybridized carbons (Fsp3) is 0.867. The lowest BCUT2D eigenvalue weighted by atomic mass is 9.89. The van der Waals surface area contributed by atoms with Crippen LogP contribution in [0.1, 0.15) is 40.5 Å². The van der Waals surface area contributed by atoms with E-state index in [9.17, 15) is 9.59 Å². The lowest BCUT2D eigenvalue weighted by Crippen LogP contribution is -2.69. The number of amides is 2. The number of piperazine rings is 1. The highest BCUT2D eigenvalue weighted by Gasteiger charge is 2.46. The highest BCUT2D eigenvalue weighted by atomic mass is 32.2. The largest absolute Gasteiger partial charge is 0.340 e. The van der Waals surface area contributed by atoms with E-state index in [-0.39, 0.29) is 23.8 Å². The monoisotopic (exact) mass is 298 g/mol. The number of hydrogen-bond donors (Lipinski definition) is 1. The number of nitrogens with zero attached hydrogens (tertiary/aromatic N) is 1. The van der Waals surface area contributed by atoms with E-state index >= 15 is 0 Å². The summed E-state index contributed by atoms with van der Waals surface area (Å²) in [5.41, 5.74) is -0.772. The van der Waals surface area contributed by atoms with Crippen LogP contribution in [0.5, 0.6) is 0 Å². The highest BCUT2D eigenvalue weighted by Crippen LogP contribution is 2.28. The molecule has 1 unspecified atom stereocenters. The molecular formula is C15H26N2O2S. The van der Waals surface area contributed by atoms with Crippen molar-refractivity contribution in [2.45, 2.75) is 52.1 Å². The Labute approximate surface area is 126 Å². The van der Waals surface area contributed by atoms with Gasteiger partial charge < -0.3 is 10.2 Å². The summed E-state index contributed by atoms with van der Waals surface area (Å²) in [4.78, 5) is 26.9. The Kier molecular flexibility index (Phi) is 4.67. The zero-order valence-corrected chi connectivity index (χ0v) is 13.8. The molecule has 0 aromatic rings. The van der Waals surface area contributed by atoms with Crippen LogP contribution in [0.4, 0.5) is 0 Å². The number of carbonyl (C=O) groups excluding carboxylic acids is 2. The standard InChI is InChI=1S/C15H26N2O2S/c1-10(2)12-13(18)16-15(3,4)14(19)17(12)9-11-5-7-20-8-6-11/h10-12H,5-9H2,1-4H3,(H,16,18). The van der Waals surface area contributed by atoms with Crippen molar-refractivity contribution in [1.29, 1.82) is 0 Å². The highest BCUT2D eigenvalue weighted by molar-refractivity contribution is 7.99. The van der Waals surface area contributed by atoms with E-state index in [1.807, 2.05) is 30.5 Å². The van der Waals surface area contributed by atoms with Crippen LogP contribution in [0.3, 0.4) is 0 Å². The predicted molar refractivity (Wildman–Crippen MR) is 82.6 cm³/mol. The summed E-state index contributed by atoms with van der Waals surface area (Å²) < 4.78 is 0. The maximum atomic E-state index is 12.7. The molecule has 2 aliphatic rings. The average molecular weight is 298 g/mol. The second-order valence-corrected chi connectivity index (χ2v) is 8.04. The van der Waals surface area contributed by atoms with E-state index in [2.05, 4.69) is 5.32 Å². The van der Waals surface area contributed by atoms with Gasteiger partial charge in [-0.1, -0.05) is 13.8 Å². The molecule has 0 spiro atoms. The molecule has 0 aromatic heterocycles. The minimum atomic E-state index is -0.772. The molecule has 2 saturated heterocycles. The van der Waals surface area contributed by atoms with Gasteiger partial charge in [0.1, 0.15) is 11.6 Å². The third kappa shape index (κ3) is 3.13. The fourth-order valence-corrected chi connectivity index (χ4v) is 4.33. The molecule has 2 heterocycles. The zero-order valence-electron chi connectivity index (χ0n) is 12.9. The Morgan fingerprint density at radius 3 is 2.45 bits per heavy atom. The molecule has 20 heavy (non-hydrogen) atoms. The van der Waals surface area contributed by atoms with E-state index < -0.39 is 5.54 Å². The molecular weight excluding hydrogens is 272 g/mol. The molecule has 114 valence electrons. The van der Waals surface area contributed by atoms with E-state index in [0.29, 0.717) is 5.92 Å². The predicted octanol–water partition coefficient (Wildman–Crippen LogP) is 1.89. The van der Waals surface area contributed by atoms with Gasteiger partial charge in [0.05, 0.1) is 0 Å². The van der Waals surface area contributed by atoms with Crippen LogP contribution in [-0.4, -0.2) is 46.3 Å². The molecule has 1 atom stereocenters. The molecule has 0 bridgehead atoms. The minimum absolute atomic E-state index is 0.00483. The Balaban J connectivity index is 2.18. The van der Waals surface area contributed by atoms with Gasteiger partial charge in [-0.25, -0.2) is 0 Å². The number of carbonyl (C=O) groups is 2. The first-order valence-electron chi connectivity index (χ1n) is 7.54. The fourth-order valence-electron chi connectivity index (χ4n) is 3.13. The normalized spacial score (nSPS) is 27.9. The van der Waals surface area contributed by atoms with Crippen molar-refractivity contribution in [3.8, 4) is 0 Å². The Morgan fingerprint density at radius 1 is 1.30 bits per heavy atom. The van der Waals surface area contributed by atoms with Crippen LogP contribution in [-0.2, 0) is 9.59 Å². The Morgan fingerprint density at radius 2 is 1.90 bits per heavy atom. The second kappa shape index (κ2) is 5.96. The summed E-state index contributed by atoms with van der Waals surface area (Å²) in [6.07, 6.45) is 2.31. The van der Waals surface area contributed by atoms with Gasteiger partial charge in [0.15, 0.2) is 0 Å². The van der Waals surface area contributed by atoms with Crippen molar-refractivity contribution in [3.05, 3.63) is 0 Å². The van der Waals surface area contributed by atoms with Crippen LogP contribution in [0, 0.1) is 11.8 Å². The van der Waals surface area contributed by atoms with E-state index in [4.69, 9.17) is 0 Å². The average Bonchev–Trinajstić information content (AvgIpc) is 2.36. The quantitative estimate of drug-likeness (QED) is 0.865. The molecule has 2 aliphatic heterocycles. The van der Waals surface area contributed by atoms with Crippen LogP contribution in [0.25, 0.3) is 0 Å². The molecule has 2 fully saturated rings. The first-order valence-corrected chi connectivity index (χ1v) is 8.69. The van der Waals surface area contributed by atoms with Gasteiger partial charge in [0.2, 0.25) is 11.8 Å². The minimum Gasteiger partial charge on any atom is -0.340 e. The van der Waals surface area contributed by atoms with E-state index in [0.717, 1.165) is 19.4 Å². The Bertz CT molecular complexity index is 389. The molecule has 2 rings (SSSR count). The van der Waals surface area contributed by atoms with Crippen molar-refractivity contribution in [1.82, 2.24) is 10.2 Å². The lowest BCUT2D eigenvalue weighted by molar-refractivity contribution is -0.156. The second-order valence-electron chi connectivity index (χ2n) is 6.82. The van der Waals surface area contributed by atoms with Crippen molar-refractivity contribution in [2.75, 3.05) is 18.1 Å². The van der Waals surface area contributed by atoms with Gasteiger partial charge >= 0.3 is 0 Å². The van der Waals surface area contributed by atoms with Crippen LogP contribution in [0.15, 0.2) is 0 Å². The molecule has 1 N–H and O–H groups in total. The van der Waals surface area contributed by atoms with Crippen molar-refractivity contribution >= 4 is 23.6 Å². The van der Waals surface area contributed by atoms with Crippen LogP contribution in [0.2, 0.25) is 0 Å². The molecule has 0 aromatic carbocycles. The lowest BCUT2D eigenvalue weighted by Gasteiger charge is -2.45. The van der Waals surface area contributed by atoms with Gasteiger partial charge in [-0.3, -0.25) is 9.59 Å². The van der Waals surface area contributed by atoms with Crippen molar-refractivity contribution in [2.24, 2.45) is 11.8 Å². The van der Waals surface area contributed by atoms with Gasteiger partial charge in [0.25, 0.3) is 0 Å². The van der Waals surface area contributed by atoms with Gasteiger partial charge in [-0.05, 0) is 50.0 Å². The first-order chi connectivity index (χ1) is 9.33. The van der Waals surface area contributed by atoms with E-state index in [1.54, 1.807) is 13.8 Å². The van der Waals surface area contributed by atoms with Crippen molar-refractivity contribution in [3.63, 3.8) is 0 Å². The van der Waals surface area contributed by atoms with Crippen LogP contribution < -0.4 is 5.32 Å². The number of hydrogen-bond acceptors (Lipinski definition) is 3. The number of nitrogens with one attached hydrogen (secondary N) is 1. The first kappa shape index (κ1) is 15.7. The zero-order chi connectivity index (χ0) is 14.9. The van der Waals surface area contributed by atoms with Crippen LogP contribution >= 0.6 is 11.8 Å². The summed E-state index contributed by atoms with van der Waals surface area (Å²) in [5.74, 6) is 3.10. The molecule has 0 radical (unpaired) electrons. The Hall–Kier alpha value is -0.710. The summed E-state index contributed by atoms with van der Waals surface area (Å²) in [6.45, 7) is 8.36. The van der Waals surface area contributed by atoms with Crippen molar-refractivity contribution < 1.29 is 9.59 Å². The summed E-state index contributed by atoms with van der Waals surface area (Å²) in [6, 6.07) is -0.315. The summed E-state index contributed by atoms with van der Waals surface area (Å²) >= 11 is 1.99. The topological polar surface area (TPSA) is 49.4 Å². The maximum Gasteiger partial charge on any atom is 0.248 e. The summed E-state index contributed by atoms with van der Waals surface area (Å²) in [7, 11) is 0. The molecule has 2 amide bonds. The maximum absolute atomic E-state index is 12.7. The molecule has 0 saturated carbocycles. The molecule has 0 aliphatic carbocycles. The van der Waals surface area contributed by atoms with Gasteiger partial charge in [-0.15, -0.1) is 0 Å². The smallest absolute Gasteiger partial charge is 0.248 e. The number of thioether (sulfide) groups is 1. The SMILES string of the molecule is CC(C)C1C(=O)NC(C)(C)C(=O)N1CC1CCSCC1. The van der Waals surface area contributed by atoms with E-state index in [1.165, 1.54) is 11.5 Å². The summed E-state index contributed by atoms with van der Waals surface area (Å²) in [5, 5.41) is 2.87. The third-order valence-electron chi connectivity index (χ3n) is 4.26. The van der Waals surface area contributed by atoms with Gasteiger partial charge in [-0.2, -0.15) is 11.8 Å². The molecule has 5 heteroatoms. The third-order valence-corrected chi connectivity index (χ3v) is 5.31.